The second-order valence-electron chi connectivity index (χ2n) is 3.99. The smallest absolute Gasteiger partial charge is 0.308 e. The molecule has 0 radical (unpaired) electrons. The van der Waals surface area contributed by atoms with Crippen LogP contribution in [0.3, 0.4) is 0 Å². The van der Waals surface area contributed by atoms with Crippen LogP contribution in [0.25, 0.3) is 0 Å². The van der Waals surface area contributed by atoms with Crippen LogP contribution in [-0.2, 0) is 13.0 Å². The van der Waals surface area contributed by atoms with Crippen LogP contribution < -0.4 is 58.2 Å². The van der Waals surface area contributed by atoms with E-state index in [9.17, 15) is 0 Å². The maximum atomic E-state index is 3.32. The third-order valence-corrected chi connectivity index (χ3v) is 2.79. The van der Waals surface area contributed by atoms with Crippen LogP contribution in [0, 0.1) is 6.07 Å². The van der Waals surface area contributed by atoms with Crippen molar-refractivity contribution in [3.8, 4) is 0 Å². The summed E-state index contributed by atoms with van der Waals surface area (Å²) in [7, 11) is 0. The molecule has 0 bridgehead atoms. The van der Waals surface area contributed by atoms with E-state index in [1.807, 2.05) is 6.07 Å². The minimum Gasteiger partial charge on any atom is -0.308 e. The Kier molecular flexibility index (Phi) is 5.50. The second-order valence-corrected chi connectivity index (χ2v) is 3.99. The summed E-state index contributed by atoms with van der Waals surface area (Å²) >= 11 is 0. The largest absolute Gasteiger partial charge is 1.00 e. The van der Waals surface area contributed by atoms with Crippen molar-refractivity contribution in [2.24, 2.45) is 0 Å². The molecule has 0 saturated carbocycles. The van der Waals surface area contributed by atoms with Crippen molar-refractivity contribution in [3.63, 3.8) is 0 Å². The number of nitrogens with zero attached hydrogens (tertiary/aromatic N) is 1. The van der Waals surface area contributed by atoms with Gasteiger partial charge in [-0.3, -0.25) is 0 Å². The Morgan fingerprint density at radius 3 is 2.93 bits per heavy atom. The third-order valence-electron chi connectivity index (χ3n) is 2.79. The summed E-state index contributed by atoms with van der Waals surface area (Å²) < 4.78 is 0. The van der Waals surface area contributed by atoms with Gasteiger partial charge in [-0.2, -0.15) is 29.8 Å². The molecule has 0 aliphatic carbocycles. The summed E-state index contributed by atoms with van der Waals surface area (Å²) in [5.41, 5.74) is 2.88. The van der Waals surface area contributed by atoms with Crippen LogP contribution in [-0.4, -0.2) is 17.5 Å². The molecule has 1 aliphatic heterocycles. The summed E-state index contributed by atoms with van der Waals surface area (Å²) in [5.74, 6) is 0. The SMILES string of the molecule is CC(C)N1CCc2[c-]cccc2C1.[Rb+]. The van der Waals surface area contributed by atoms with Gasteiger partial charge in [0, 0.05) is 6.04 Å². The van der Waals surface area contributed by atoms with E-state index in [-0.39, 0.29) is 58.2 Å². The first-order chi connectivity index (χ1) is 6.27. The van der Waals surface area contributed by atoms with Crippen LogP contribution in [0.4, 0.5) is 0 Å². The van der Waals surface area contributed by atoms with Gasteiger partial charge in [-0.1, -0.05) is 0 Å². The Labute approximate surface area is 136 Å². The summed E-state index contributed by atoms with van der Waals surface area (Å²) in [5, 5.41) is 0. The first-order valence-corrected chi connectivity index (χ1v) is 5.00. The topological polar surface area (TPSA) is 3.24 Å². The summed E-state index contributed by atoms with van der Waals surface area (Å²) in [4.78, 5) is 2.51. The van der Waals surface area contributed by atoms with Gasteiger partial charge in [0.25, 0.3) is 0 Å². The Bertz CT molecular complexity index is 296. The fourth-order valence-corrected chi connectivity index (χ4v) is 1.88. The first-order valence-electron chi connectivity index (χ1n) is 5.00. The molecule has 70 valence electrons. The van der Waals surface area contributed by atoms with E-state index in [0.29, 0.717) is 6.04 Å². The Morgan fingerprint density at radius 2 is 2.21 bits per heavy atom. The zero-order valence-electron chi connectivity index (χ0n) is 9.38. The molecular formula is C12H16NRb. The number of hydrogen-bond donors (Lipinski definition) is 0. The van der Waals surface area contributed by atoms with Gasteiger partial charge < -0.3 is 4.90 Å². The molecule has 2 rings (SSSR count). The van der Waals surface area contributed by atoms with E-state index in [4.69, 9.17) is 0 Å². The zero-order chi connectivity index (χ0) is 9.26. The quantitative estimate of drug-likeness (QED) is 0.601. The normalized spacial score (nSPS) is 16.2. The van der Waals surface area contributed by atoms with Gasteiger partial charge in [0.15, 0.2) is 0 Å². The van der Waals surface area contributed by atoms with Crippen molar-refractivity contribution < 1.29 is 58.2 Å². The van der Waals surface area contributed by atoms with E-state index in [1.54, 1.807) is 0 Å². The molecule has 0 spiro atoms. The zero-order valence-corrected chi connectivity index (χ0v) is 14.3. The number of rotatable bonds is 1. The first kappa shape index (κ1) is 13.1. The minimum absolute atomic E-state index is 0. The molecule has 1 aromatic carbocycles. The average molecular weight is 260 g/mol. The molecule has 1 aromatic rings. The predicted molar refractivity (Wildman–Crippen MR) is 54.5 cm³/mol. The molecule has 0 fully saturated rings. The molecule has 0 saturated heterocycles. The third kappa shape index (κ3) is 2.99. The number of fused-ring (bicyclic) bond motifs is 1. The Morgan fingerprint density at radius 1 is 1.43 bits per heavy atom. The monoisotopic (exact) mass is 259 g/mol. The molecule has 0 aromatic heterocycles. The van der Waals surface area contributed by atoms with Crippen LogP contribution in [0.1, 0.15) is 25.0 Å². The van der Waals surface area contributed by atoms with Crippen LogP contribution in [0.15, 0.2) is 18.2 Å². The van der Waals surface area contributed by atoms with E-state index < -0.39 is 0 Å². The summed E-state index contributed by atoms with van der Waals surface area (Å²) in [6.07, 6.45) is 1.16. The Hall–Kier alpha value is 0.985. The van der Waals surface area contributed by atoms with Gasteiger partial charge in [-0.05, 0) is 33.4 Å². The van der Waals surface area contributed by atoms with Gasteiger partial charge in [0.1, 0.15) is 0 Å². The van der Waals surface area contributed by atoms with Crippen molar-refractivity contribution in [3.05, 3.63) is 35.4 Å². The molecule has 0 amide bonds. The van der Waals surface area contributed by atoms with Crippen molar-refractivity contribution in [1.29, 1.82) is 0 Å². The molecule has 2 heteroatoms. The van der Waals surface area contributed by atoms with Crippen molar-refractivity contribution in [2.75, 3.05) is 6.54 Å². The van der Waals surface area contributed by atoms with Gasteiger partial charge in [0.05, 0.1) is 0 Å². The van der Waals surface area contributed by atoms with Crippen LogP contribution in [0.2, 0.25) is 0 Å². The maximum absolute atomic E-state index is 3.32. The van der Waals surface area contributed by atoms with E-state index in [1.165, 1.54) is 17.7 Å². The number of hydrogen-bond acceptors (Lipinski definition) is 1. The predicted octanol–water partition coefficient (Wildman–Crippen LogP) is -0.743. The maximum Gasteiger partial charge on any atom is 1.00 e. The van der Waals surface area contributed by atoms with Gasteiger partial charge in [-0.25, -0.2) is 0 Å². The molecule has 0 unspecified atom stereocenters. The van der Waals surface area contributed by atoms with Crippen LogP contribution in [0.5, 0.6) is 0 Å². The minimum atomic E-state index is 0. The van der Waals surface area contributed by atoms with Crippen LogP contribution >= 0.6 is 0 Å². The molecule has 1 aliphatic rings. The van der Waals surface area contributed by atoms with E-state index in [0.717, 1.165) is 13.0 Å². The van der Waals surface area contributed by atoms with E-state index >= 15 is 0 Å². The van der Waals surface area contributed by atoms with Gasteiger partial charge in [0.2, 0.25) is 0 Å². The fraction of sp³-hybridized carbons (Fsp3) is 0.500. The molecular weight excluding hydrogens is 244 g/mol. The van der Waals surface area contributed by atoms with Gasteiger partial charge in [-0.15, -0.1) is 5.56 Å². The summed E-state index contributed by atoms with van der Waals surface area (Å²) in [6.45, 7) is 6.81. The second kappa shape index (κ2) is 5.90. The molecule has 14 heavy (non-hydrogen) atoms. The molecule has 0 atom stereocenters. The van der Waals surface area contributed by atoms with Gasteiger partial charge >= 0.3 is 58.2 Å². The van der Waals surface area contributed by atoms with Crippen molar-refractivity contribution in [1.82, 2.24) is 4.90 Å². The Balaban J connectivity index is 0.000000980. The molecule has 1 nitrogen and oxygen atoms in total. The molecule has 1 heterocycles. The standard InChI is InChI=1S/C12H16N.Rb/c1-10(2)13-8-7-11-5-3-4-6-12(11)9-13;/h3-4,6,10H,7-9H2,1-2H3;/q-1;+1. The van der Waals surface area contributed by atoms with Crippen molar-refractivity contribution in [2.45, 2.75) is 32.9 Å². The fourth-order valence-electron chi connectivity index (χ4n) is 1.88. The molecule has 0 N–H and O–H groups in total. The number of benzene rings is 1. The average Bonchev–Trinajstić information content (AvgIpc) is 2.17. The summed E-state index contributed by atoms with van der Waals surface area (Å²) in [6, 6.07) is 10.3. The van der Waals surface area contributed by atoms with E-state index in [2.05, 4.69) is 36.9 Å². The van der Waals surface area contributed by atoms with Crippen molar-refractivity contribution >= 4 is 0 Å².